The van der Waals surface area contributed by atoms with Crippen LogP contribution in [0, 0.1) is 17.2 Å². The minimum Gasteiger partial charge on any atom is -0.396 e. The molecule has 0 aliphatic heterocycles. The van der Waals surface area contributed by atoms with Gasteiger partial charge in [0.15, 0.2) is 0 Å². The van der Waals surface area contributed by atoms with Crippen molar-refractivity contribution in [2.45, 2.75) is 36.6 Å². The van der Waals surface area contributed by atoms with Gasteiger partial charge < -0.3 is 5.11 Å². The van der Waals surface area contributed by atoms with Gasteiger partial charge in [0.05, 0.1) is 15.5 Å². The highest BCUT2D eigenvalue weighted by Crippen LogP contribution is 2.26. The highest BCUT2D eigenvalue weighted by atomic mass is 35.5. The standard InChI is InChI=1S/C14H17ClN2O3S/c15-13-7-12(6-5-10(13)8-16)21(19,20)17-14-4-2-1-3-11(14)9-18/h5-7,11,14,17-18H,1-4,9H2. The van der Waals surface area contributed by atoms with Crippen LogP contribution in [0.5, 0.6) is 0 Å². The Balaban J connectivity index is 2.22. The van der Waals surface area contributed by atoms with Gasteiger partial charge in [0.1, 0.15) is 6.07 Å². The van der Waals surface area contributed by atoms with Crippen molar-refractivity contribution in [2.75, 3.05) is 6.61 Å². The Morgan fingerprint density at radius 3 is 2.71 bits per heavy atom. The summed E-state index contributed by atoms with van der Waals surface area (Å²) in [4.78, 5) is 0.0359. The Bertz CT molecular complexity index is 655. The number of aliphatic hydroxyl groups excluding tert-OH is 1. The molecule has 0 amide bonds. The first-order chi connectivity index (χ1) is 9.97. The normalized spacial score (nSPS) is 22.7. The van der Waals surface area contributed by atoms with Gasteiger partial charge in [-0.05, 0) is 37.0 Å². The van der Waals surface area contributed by atoms with Crippen LogP contribution in [0.25, 0.3) is 0 Å². The predicted octanol–water partition coefficient (Wildman–Crippen LogP) is 2.04. The summed E-state index contributed by atoms with van der Waals surface area (Å²) in [6.45, 7) is -0.0265. The van der Waals surface area contributed by atoms with Crippen LogP contribution in [0.15, 0.2) is 23.1 Å². The van der Waals surface area contributed by atoms with E-state index in [1.54, 1.807) is 0 Å². The van der Waals surface area contributed by atoms with E-state index in [-0.39, 0.29) is 34.0 Å². The average Bonchev–Trinajstić information content (AvgIpc) is 2.47. The van der Waals surface area contributed by atoms with Crippen molar-refractivity contribution in [1.82, 2.24) is 4.72 Å². The van der Waals surface area contributed by atoms with Crippen LogP contribution >= 0.6 is 11.6 Å². The average molecular weight is 329 g/mol. The lowest BCUT2D eigenvalue weighted by molar-refractivity contribution is 0.164. The van der Waals surface area contributed by atoms with E-state index in [2.05, 4.69) is 4.72 Å². The molecular weight excluding hydrogens is 312 g/mol. The number of nitrogens with one attached hydrogen (secondary N) is 1. The van der Waals surface area contributed by atoms with Crippen molar-refractivity contribution in [1.29, 1.82) is 5.26 Å². The predicted molar refractivity (Wildman–Crippen MR) is 79.3 cm³/mol. The molecule has 5 nitrogen and oxygen atoms in total. The molecule has 0 radical (unpaired) electrons. The van der Waals surface area contributed by atoms with Crippen molar-refractivity contribution in [3.8, 4) is 6.07 Å². The van der Waals surface area contributed by atoms with E-state index in [4.69, 9.17) is 16.9 Å². The summed E-state index contributed by atoms with van der Waals surface area (Å²) in [5, 5.41) is 18.3. The highest BCUT2D eigenvalue weighted by Gasteiger charge is 2.29. The number of halogens is 1. The summed E-state index contributed by atoms with van der Waals surface area (Å²) in [6, 6.07) is 5.66. The third-order valence-electron chi connectivity index (χ3n) is 3.82. The van der Waals surface area contributed by atoms with Crippen molar-refractivity contribution >= 4 is 21.6 Å². The quantitative estimate of drug-likeness (QED) is 0.885. The Morgan fingerprint density at radius 1 is 1.38 bits per heavy atom. The van der Waals surface area contributed by atoms with E-state index < -0.39 is 10.0 Å². The summed E-state index contributed by atoms with van der Waals surface area (Å²) in [6.07, 6.45) is 3.48. The molecular formula is C14H17ClN2O3S. The number of rotatable bonds is 4. The SMILES string of the molecule is N#Cc1ccc(S(=O)(=O)NC2CCCCC2CO)cc1Cl. The Hall–Kier alpha value is -1.13. The third kappa shape index (κ3) is 3.74. The second-order valence-corrected chi connectivity index (χ2v) is 7.33. The topological polar surface area (TPSA) is 90.2 Å². The van der Waals surface area contributed by atoms with Crippen molar-refractivity contribution in [3.63, 3.8) is 0 Å². The van der Waals surface area contributed by atoms with Crippen LogP contribution in [0.4, 0.5) is 0 Å². The zero-order chi connectivity index (χ0) is 15.5. The fourth-order valence-corrected chi connectivity index (χ4v) is 4.25. The molecule has 0 saturated heterocycles. The molecule has 0 spiro atoms. The minimum atomic E-state index is -3.71. The summed E-state index contributed by atoms with van der Waals surface area (Å²) in [5.74, 6) is -0.0534. The van der Waals surface area contributed by atoms with Gasteiger partial charge in [-0.2, -0.15) is 5.26 Å². The maximum atomic E-state index is 12.4. The third-order valence-corrected chi connectivity index (χ3v) is 5.62. The summed E-state index contributed by atoms with van der Waals surface area (Å²) < 4.78 is 27.4. The maximum Gasteiger partial charge on any atom is 0.240 e. The second kappa shape index (κ2) is 6.75. The molecule has 2 rings (SSSR count). The van der Waals surface area contributed by atoms with E-state index in [1.807, 2.05) is 6.07 Å². The van der Waals surface area contributed by atoms with Gasteiger partial charge in [-0.15, -0.1) is 0 Å². The van der Waals surface area contributed by atoms with Crippen LogP contribution in [-0.4, -0.2) is 26.2 Å². The van der Waals surface area contributed by atoms with E-state index in [1.165, 1.54) is 18.2 Å². The van der Waals surface area contributed by atoms with Crippen LogP contribution in [-0.2, 0) is 10.0 Å². The lowest BCUT2D eigenvalue weighted by atomic mass is 9.86. The molecule has 1 saturated carbocycles. The van der Waals surface area contributed by atoms with Gasteiger partial charge in [0.25, 0.3) is 0 Å². The monoisotopic (exact) mass is 328 g/mol. The second-order valence-electron chi connectivity index (χ2n) is 5.21. The number of aliphatic hydroxyl groups is 1. The summed E-state index contributed by atoms with van der Waals surface area (Å²) >= 11 is 5.88. The van der Waals surface area contributed by atoms with Crippen molar-refractivity contribution in [3.05, 3.63) is 28.8 Å². The number of sulfonamides is 1. The molecule has 0 heterocycles. The van der Waals surface area contributed by atoms with E-state index >= 15 is 0 Å². The Morgan fingerprint density at radius 2 is 2.10 bits per heavy atom. The smallest absolute Gasteiger partial charge is 0.240 e. The van der Waals surface area contributed by atoms with Gasteiger partial charge in [-0.25, -0.2) is 13.1 Å². The lowest BCUT2D eigenvalue weighted by Crippen LogP contribution is -2.43. The zero-order valence-corrected chi connectivity index (χ0v) is 13.0. The van der Waals surface area contributed by atoms with Crippen molar-refractivity contribution in [2.24, 2.45) is 5.92 Å². The molecule has 1 aliphatic carbocycles. The maximum absolute atomic E-state index is 12.4. The first-order valence-electron chi connectivity index (χ1n) is 6.81. The molecule has 1 aliphatic rings. The Labute approximate surface area is 129 Å². The first-order valence-corrected chi connectivity index (χ1v) is 8.67. The van der Waals surface area contributed by atoms with Crippen LogP contribution in [0.1, 0.15) is 31.2 Å². The molecule has 2 unspecified atom stereocenters. The van der Waals surface area contributed by atoms with Crippen LogP contribution in [0.2, 0.25) is 5.02 Å². The molecule has 2 N–H and O–H groups in total. The van der Waals surface area contributed by atoms with Crippen molar-refractivity contribution < 1.29 is 13.5 Å². The molecule has 2 atom stereocenters. The van der Waals surface area contributed by atoms with Crippen LogP contribution in [0.3, 0.4) is 0 Å². The van der Waals surface area contributed by atoms with Gasteiger partial charge in [0.2, 0.25) is 10.0 Å². The molecule has 21 heavy (non-hydrogen) atoms. The molecule has 1 aromatic rings. The molecule has 1 aromatic carbocycles. The fourth-order valence-electron chi connectivity index (χ4n) is 2.60. The molecule has 114 valence electrons. The number of hydrogen-bond donors (Lipinski definition) is 2. The molecule has 1 fully saturated rings. The highest BCUT2D eigenvalue weighted by molar-refractivity contribution is 7.89. The molecule has 0 aromatic heterocycles. The first kappa shape index (κ1) is 16.2. The van der Waals surface area contributed by atoms with Gasteiger partial charge in [-0.3, -0.25) is 0 Å². The number of nitrogens with zero attached hydrogens (tertiary/aromatic N) is 1. The number of benzene rings is 1. The summed E-state index contributed by atoms with van der Waals surface area (Å²) in [5.41, 5.74) is 0.238. The largest absolute Gasteiger partial charge is 0.396 e. The molecule has 7 heteroatoms. The number of hydrogen-bond acceptors (Lipinski definition) is 4. The fraction of sp³-hybridized carbons (Fsp3) is 0.500. The number of nitriles is 1. The minimum absolute atomic E-state index is 0.0265. The van der Waals surface area contributed by atoms with E-state index in [0.29, 0.717) is 6.42 Å². The van der Waals surface area contributed by atoms with Gasteiger partial charge in [0, 0.05) is 12.6 Å². The van der Waals surface area contributed by atoms with Gasteiger partial charge >= 0.3 is 0 Å². The molecule has 0 bridgehead atoms. The van der Waals surface area contributed by atoms with Gasteiger partial charge in [-0.1, -0.05) is 24.4 Å². The zero-order valence-electron chi connectivity index (χ0n) is 11.4. The Kier molecular flexibility index (Phi) is 5.22. The van der Waals surface area contributed by atoms with E-state index in [9.17, 15) is 13.5 Å². The van der Waals surface area contributed by atoms with E-state index in [0.717, 1.165) is 19.3 Å². The lowest BCUT2D eigenvalue weighted by Gasteiger charge is -2.30. The van der Waals surface area contributed by atoms with Crippen LogP contribution < -0.4 is 4.72 Å². The summed E-state index contributed by atoms with van der Waals surface area (Å²) in [7, 11) is -3.71.